The number of amides is 3. The molecule has 1 aromatic carbocycles. The van der Waals surface area contributed by atoms with Gasteiger partial charge in [0.15, 0.2) is 0 Å². The van der Waals surface area contributed by atoms with Crippen LogP contribution in [0.1, 0.15) is 117 Å². The third kappa shape index (κ3) is 11.3. The summed E-state index contributed by atoms with van der Waals surface area (Å²) in [4.78, 5) is 41.5. The maximum absolute atomic E-state index is 13.8. The highest BCUT2D eigenvalue weighted by Crippen LogP contribution is 2.32. The first-order chi connectivity index (χ1) is 17.8. The van der Waals surface area contributed by atoms with Crippen LogP contribution in [0, 0.1) is 6.92 Å². The van der Waals surface area contributed by atoms with Crippen molar-refractivity contribution in [2.45, 2.75) is 130 Å². The van der Waals surface area contributed by atoms with Crippen molar-refractivity contribution in [1.29, 1.82) is 0 Å². The molecule has 0 aliphatic carbocycles. The van der Waals surface area contributed by atoms with E-state index in [0.29, 0.717) is 24.1 Å². The van der Waals surface area contributed by atoms with E-state index in [0.717, 1.165) is 44.9 Å². The van der Waals surface area contributed by atoms with E-state index in [1.165, 1.54) is 4.90 Å². The van der Waals surface area contributed by atoms with Gasteiger partial charge in [-0.3, -0.25) is 9.59 Å². The number of carbonyl (C=O) groups excluding carboxylic acids is 3. The zero-order valence-electron chi connectivity index (χ0n) is 24.9. The van der Waals surface area contributed by atoms with Crippen molar-refractivity contribution in [3.05, 3.63) is 29.3 Å². The second kappa shape index (κ2) is 16.2. The molecule has 8 nitrogen and oxygen atoms in total. The maximum atomic E-state index is 13.8. The molecule has 8 heteroatoms. The number of hydrogen-bond acceptors (Lipinski definition) is 5. The molecule has 0 bridgehead atoms. The second-order valence-corrected chi connectivity index (χ2v) is 11.3. The van der Waals surface area contributed by atoms with Gasteiger partial charge in [0.05, 0.1) is 0 Å². The van der Waals surface area contributed by atoms with Crippen LogP contribution in [0.4, 0.5) is 4.79 Å². The van der Waals surface area contributed by atoms with Crippen LogP contribution >= 0.6 is 0 Å². The minimum atomic E-state index is -1.04. The summed E-state index contributed by atoms with van der Waals surface area (Å²) in [5, 5.41) is 16.6. The average molecular weight is 534 g/mol. The summed E-state index contributed by atoms with van der Waals surface area (Å²) in [5.41, 5.74) is 0.278. The number of unbranched alkanes of at least 4 members (excludes halogenated alkanes) is 5. The average Bonchev–Trinajstić information content (AvgIpc) is 2.81. The standard InChI is InChI=1S/C30H51N3O5/c1-9-11-12-13-14-15-20-33(28(36)23(5)32-29(37)38-30(6,7)8)25(27(35)31-22(4)17-10-2)24-19-16-18-21(3)26(24)34/h16,18-19,22-23,25,34H,9-15,17,20H2,1-8H3,(H,31,35)(H,32,37). The number of phenols is 1. The fourth-order valence-electron chi connectivity index (χ4n) is 4.40. The molecule has 0 saturated carbocycles. The highest BCUT2D eigenvalue weighted by atomic mass is 16.6. The Labute approximate surface area is 229 Å². The zero-order valence-corrected chi connectivity index (χ0v) is 24.9. The number of ether oxygens (including phenoxy) is 1. The van der Waals surface area contributed by atoms with E-state index in [4.69, 9.17) is 4.74 Å². The first kappa shape index (κ1) is 33.3. The lowest BCUT2D eigenvalue weighted by Gasteiger charge is -2.34. The number of nitrogens with zero attached hydrogens (tertiary/aromatic N) is 1. The van der Waals surface area contributed by atoms with Crippen molar-refractivity contribution < 1.29 is 24.2 Å². The molecule has 0 fully saturated rings. The number of benzene rings is 1. The normalized spacial score (nSPS) is 13.8. The smallest absolute Gasteiger partial charge is 0.408 e. The summed E-state index contributed by atoms with van der Waals surface area (Å²) in [7, 11) is 0. The summed E-state index contributed by atoms with van der Waals surface area (Å²) < 4.78 is 5.34. The van der Waals surface area contributed by atoms with Crippen LogP contribution in [0.15, 0.2) is 18.2 Å². The van der Waals surface area contributed by atoms with E-state index in [1.807, 2.05) is 13.8 Å². The Hall–Kier alpha value is -2.77. The molecular weight excluding hydrogens is 482 g/mol. The number of carbonyl (C=O) groups is 3. The van der Waals surface area contributed by atoms with Gasteiger partial charge in [0.2, 0.25) is 11.8 Å². The lowest BCUT2D eigenvalue weighted by atomic mass is 9.98. The Balaban J connectivity index is 3.36. The molecule has 0 aliphatic rings. The van der Waals surface area contributed by atoms with Crippen LogP contribution < -0.4 is 10.6 Å². The van der Waals surface area contributed by atoms with Gasteiger partial charge in [0.1, 0.15) is 23.4 Å². The van der Waals surface area contributed by atoms with Crippen molar-refractivity contribution in [2.24, 2.45) is 0 Å². The molecule has 0 saturated heterocycles. The third-order valence-corrected chi connectivity index (χ3v) is 6.37. The van der Waals surface area contributed by atoms with Gasteiger partial charge < -0.3 is 25.4 Å². The van der Waals surface area contributed by atoms with E-state index >= 15 is 0 Å². The van der Waals surface area contributed by atoms with Gasteiger partial charge in [-0.05, 0) is 59.9 Å². The first-order valence-electron chi connectivity index (χ1n) is 14.2. The van der Waals surface area contributed by atoms with Crippen molar-refractivity contribution in [3.8, 4) is 5.75 Å². The molecule has 3 amide bonds. The molecule has 0 heterocycles. The second-order valence-electron chi connectivity index (χ2n) is 11.3. The largest absolute Gasteiger partial charge is 0.507 e. The number of rotatable bonds is 15. The van der Waals surface area contributed by atoms with Crippen LogP contribution in [-0.4, -0.2) is 52.1 Å². The Morgan fingerprint density at radius 2 is 1.61 bits per heavy atom. The first-order valence-corrected chi connectivity index (χ1v) is 14.2. The van der Waals surface area contributed by atoms with Crippen molar-refractivity contribution in [3.63, 3.8) is 0 Å². The molecule has 38 heavy (non-hydrogen) atoms. The molecule has 1 aromatic rings. The highest BCUT2D eigenvalue weighted by Gasteiger charge is 2.36. The Kier molecular flexibility index (Phi) is 14.2. The third-order valence-electron chi connectivity index (χ3n) is 6.37. The number of aromatic hydroxyl groups is 1. The van der Waals surface area contributed by atoms with Gasteiger partial charge >= 0.3 is 6.09 Å². The fraction of sp³-hybridized carbons (Fsp3) is 0.700. The highest BCUT2D eigenvalue weighted by molar-refractivity contribution is 5.92. The fourth-order valence-corrected chi connectivity index (χ4v) is 4.40. The molecule has 1 rings (SSSR count). The lowest BCUT2D eigenvalue weighted by molar-refractivity contribution is -0.142. The summed E-state index contributed by atoms with van der Waals surface area (Å²) >= 11 is 0. The van der Waals surface area contributed by atoms with Gasteiger partial charge in [-0.15, -0.1) is 0 Å². The van der Waals surface area contributed by atoms with E-state index < -0.39 is 29.7 Å². The number of phenolic OH excluding ortho intramolecular Hbond substituents is 1. The van der Waals surface area contributed by atoms with Crippen LogP contribution in [0.3, 0.4) is 0 Å². The summed E-state index contributed by atoms with van der Waals surface area (Å²) in [6.07, 6.45) is 7.08. The van der Waals surface area contributed by atoms with E-state index in [9.17, 15) is 19.5 Å². The Morgan fingerprint density at radius 3 is 2.21 bits per heavy atom. The number of alkyl carbamates (subject to hydrolysis) is 1. The monoisotopic (exact) mass is 533 g/mol. The molecule has 3 N–H and O–H groups in total. The zero-order chi connectivity index (χ0) is 28.9. The minimum Gasteiger partial charge on any atom is -0.507 e. The quantitative estimate of drug-likeness (QED) is 0.234. The number of nitrogens with one attached hydrogen (secondary N) is 2. The molecule has 0 spiro atoms. The lowest BCUT2D eigenvalue weighted by Crippen LogP contribution is -2.52. The molecule has 3 atom stereocenters. The number of para-hydroxylation sites is 1. The molecule has 3 unspecified atom stereocenters. The SMILES string of the molecule is CCCCCCCCN(C(=O)C(C)NC(=O)OC(C)(C)C)C(C(=O)NC(C)CCC)c1cccc(C)c1O. The van der Waals surface area contributed by atoms with Crippen LogP contribution in [0.5, 0.6) is 5.75 Å². The van der Waals surface area contributed by atoms with E-state index in [2.05, 4.69) is 17.6 Å². The summed E-state index contributed by atoms with van der Waals surface area (Å²) in [6, 6.07) is 3.16. The number of hydrogen-bond donors (Lipinski definition) is 3. The van der Waals surface area contributed by atoms with Crippen molar-refractivity contribution >= 4 is 17.9 Å². The molecule has 0 aliphatic heterocycles. The van der Waals surface area contributed by atoms with Gasteiger partial charge in [0.25, 0.3) is 0 Å². The van der Waals surface area contributed by atoms with Gasteiger partial charge in [-0.1, -0.05) is 70.6 Å². The van der Waals surface area contributed by atoms with Crippen molar-refractivity contribution in [1.82, 2.24) is 15.5 Å². The molecule has 216 valence electrons. The molecular formula is C30H51N3O5. The van der Waals surface area contributed by atoms with E-state index in [-0.39, 0.29) is 17.7 Å². The number of aryl methyl sites for hydroxylation is 1. The Morgan fingerprint density at radius 1 is 0.974 bits per heavy atom. The maximum Gasteiger partial charge on any atom is 0.408 e. The van der Waals surface area contributed by atoms with E-state index in [1.54, 1.807) is 52.8 Å². The van der Waals surface area contributed by atoms with Crippen LogP contribution in [-0.2, 0) is 14.3 Å². The van der Waals surface area contributed by atoms with Gasteiger partial charge in [0, 0.05) is 18.2 Å². The predicted molar refractivity (Wildman–Crippen MR) is 152 cm³/mol. The Bertz CT molecular complexity index is 896. The van der Waals surface area contributed by atoms with Crippen molar-refractivity contribution in [2.75, 3.05) is 6.54 Å². The molecule has 0 radical (unpaired) electrons. The topological polar surface area (TPSA) is 108 Å². The van der Waals surface area contributed by atoms with Crippen LogP contribution in [0.25, 0.3) is 0 Å². The summed E-state index contributed by atoms with van der Waals surface area (Å²) in [5.74, 6) is -0.770. The van der Waals surface area contributed by atoms with Gasteiger partial charge in [-0.2, -0.15) is 0 Å². The predicted octanol–water partition coefficient (Wildman–Crippen LogP) is 6.15. The molecule has 0 aromatic heterocycles. The van der Waals surface area contributed by atoms with Crippen LogP contribution in [0.2, 0.25) is 0 Å². The minimum absolute atomic E-state index is 0.00991. The van der Waals surface area contributed by atoms with Gasteiger partial charge in [-0.25, -0.2) is 4.79 Å². The summed E-state index contributed by atoms with van der Waals surface area (Å²) in [6.45, 7) is 15.1.